The van der Waals surface area contributed by atoms with Crippen LogP contribution in [0, 0.1) is 12.7 Å². The molecule has 0 unspecified atom stereocenters. The first kappa shape index (κ1) is 25.2. The third-order valence-corrected chi connectivity index (χ3v) is 5.35. The monoisotopic (exact) mass is 479 g/mol. The van der Waals surface area contributed by atoms with Gasteiger partial charge in [-0.25, -0.2) is 19.2 Å². The van der Waals surface area contributed by atoms with Crippen LogP contribution in [0.4, 0.5) is 23.4 Å². The molecule has 1 aliphatic heterocycles. The van der Waals surface area contributed by atoms with E-state index in [-0.39, 0.29) is 5.82 Å². The number of nitrogens with zero attached hydrogens (tertiary/aromatic N) is 4. The lowest BCUT2D eigenvalue weighted by atomic mass is 10.0. The highest BCUT2D eigenvalue weighted by Crippen LogP contribution is 2.19. The van der Waals surface area contributed by atoms with E-state index in [0.717, 1.165) is 37.3 Å². The van der Waals surface area contributed by atoms with Crippen molar-refractivity contribution in [1.82, 2.24) is 19.9 Å². The summed E-state index contributed by atoms with van der Waals surface area (Å²) >= 11 is 0. The molecule has 2 N–H and O–H groups in total. The van der Waals surface area contributed by atoms with E-state index in [2.05, 4.69) is 39.2 Å². The second-order valence-corrected chi connectivity index (χ2v) is 7.89. The summed E-state index contributed by atoms with van der Waals surface area (Å²) in [5, 5.41) is 10.7. The number of nitrogens with one attached hydrogen (secondary N) is 1. The molecule has 0 aliphatic carbocycles. The zero-order chi connectivity index (χ0) is 24.7. The summed E-state index contributed by atoms with van der Waals surface area (Å²) in [5.41, 5.74) is 2.66. The number of hydrogen-bond donors (Lipinski definition) is 2. The molecule has 0 saturated carbocycles. The molecule has 0 radical (unpaired) electrons. The van der Waals surface area contributed by atoms with Crippen LogP contribution in [0.2, 0.25) is 0 Å². The Bertz CT molecular complexity index is 1060. The Morgan fingerprint density at radius 2 is 1.91 bits per heavy atom. The summed E-state index contributed by atoms with van der Waals surface area (Å²) in [7, 11) is 0. The zero-order valence-electron chi connectivity index (χ0n) is 18.5. The highest BCUT2D eigenvalue weighted by atomic mass is 19.4. The molecule has 0 amide bonds. The molecule has 1 saturated heterocycles. The average molecular weight is 479 g/mol. The van der Waals surface area contributed by atoms with E-state index < -0.39 is 12.1 Å². The van der Waals surface area contributed by atoms with Crippen molar-refractivity contribution in [3.8, 4) is 5.69 Å². The first-order valence-electron chi connectivity index (χ1n) is 10.6. The molecule has 3 aromatic rings. The Morgan fingerprint density at radius 1 is 1.21 bits per heavy atom. The van der Waals surface area contributed by atoms with Crippen LogP contribution in [0.5, 0.6) is 0 Å². The van der Waals surface area contributed by atoms with Gasteiger partial charge in [0.2, 0.25) is 0 Å². The van der Waals surface area contributed by atoms with Crippen molar-refractivity contribution in [3.63, 3.8) is 0 Å². The van der Waals surface area contributed by atoms with Gasteiger partial charge in [0.15, 0.2) is 0 Å². The van der Waals surface area contributed by atoms with Crippen molar-refractivity contribution < 1.29 is 27.5 Å². The van der Waals surface area contributed by atoms with Crippen LogP contribution in [-0.2, 0) is 11.3 Å². The maximum absolute atomic E-state index is 14.4. The Hall–Kier alpha value is -3.47. The van der Waals surface area contributed by atoms with Crippen LogP contribution in [-0.4, -0.2) is 50.9 Å². The molecular formula is C23H25F4N5O2. The molecule has 1 aliphatic rings. The van der Waals surface area contributed by atoms with E-state index in [1.54, 1.807) is 35.4 Å². The second-order valence-electron chi connectivity index (χ2n) is 7.89. The van der Waals surface area contributed by atoms with Crippen molar-refractivity contribution in [3.05, 3.63) is 72.2 Å². The second kappa shape index (κ2) is 11.1. The fourth-order valence-electron chi connectivity index (χ4n) is 3.49. The van der Waals surface area contributed by atoms with Crippen LogP contribution in [0.25, 0.3) is 5.69 Å². The van der Waals surface area contributed by atoms with Gasteiger partial charge in [-0.2, -0.15) is 13.2 Å². The molecule has 0 spiro atoms. The summed E-state index contributed by atoms with van der Waals surface area (Å²) in [6.45, 7) is 4.70. The van der Waals surface area contributed by atoms with Crippen LogP contribution in [0.3, 0.4) is 0 Å². The number of anilines is 1. The standard InChI is InChI=1S/C21H24FN5.C2HF3O2/c1-16-2-5-21(25-13-16)26-9-6-18(7-10-26)24-14-17-3-4-20(19(22)12-17)27-11-8-23-15-27;3-2(4,5)1(6)7/h2-5,8,11-13,15,18,24H,6-7,9-10,14H2,1H3;(H,6,7). The molecule has 11 heteroatoms. The number of carbonyl (C=O) groups is 1. The molecule has 4 rings (SSSR count). The fourth-order valence-corrected chi connectivity index (χ4v) is 3.49. The molecule has 0 bridgehead atoms. The molecule has 3 heterocycles. The maximum Gasteiger partial charge on any atom is 0.490 e. The van der Waals surface area contributed by atoms with Crippen molar-refractivity contribution in [2.24, 2.45) is 0 Å². The maximum atomic E-state index is 14.4. The minimum Gasteiger partial charge on any atom is -0.475 e. The summed E-state index contributed by atoms with van der Waals surface area (Å²) in [6.07, 6.45) is 3.95. The SMILES string of the molecule is Cc1ccc(N2CCC(NCc3ccc(-n4ccnc4)c(F)c3)CC2)nc1.O=C(O)C(F)(F)F. The van der Waals surface area contributed by atoms with E-state index in [1.165, 1.54) is 5.56 Å². The van der Waals surface area contributed by atoms with E-state index in [1.807, 2.05) is 12.3 Å². The number of rotatable bonds is 5. The zero-order valence-corrected chi connectivity index (χ0v) is 18.5. The molecular weight excluding hydrogens is 454 g/mol. The van der Waals surface area contributed by atoms with Gasteiger partial charge in [0.1, 0.15) is 11.6 Å². The molecule has 182 valence electrons. The third-order valence-electron chi connectivity index (χ3n) is 5.35. The van der Waals surface area contributed by atoms with Gasteiger partial charge in [0.25, 0.3) is 0 Å². The number of carboxylic acids is 1. The number of piperidine rings is 1. The first-order valence-corrected chi connectivity index (χ1v) is 10.6. The number of alkyl halides is 3. The molecule has 7 nitrogen and oxygen atoms in total. The minimum atomic E-state index is -5.08. The van der Waals surface area contributed by atoms with Crippen molar-refractivity contribution >= 4 is 11.8 Å². The number of pyridine rings is 1. The number of aliphatic carboxylic acids is 1. The third kappa shape index (κ3) is 7.01. The van der Waals surface area contributed by atoms with Crippen molar-refractivity contribution in [1.29, 1.82) is 0 Å². The molecule has 34 heavy (non-hydrogen) atoms. The molecule has 0 atom stereocenters. The largest absolute Gasteiger partial charge is 0.490 e. The quantitative estimate of drug-likeness (QED) is 0.536. The summed E-state index contributed by atoms with van der Waals surface area (Å²) in [6, 6.07) is 10.0. The number of benzene rings is 1. The molecule has 2 aromatic heterocycles. The number of imidazole rings is 1. The predicted molar refractivity (Wildman–Crippen MR) is 118 cm³/mol. The van der Waals surface area contributed by atoms with Gasteiger partial charge < -0.3 is 19.9 Å². The van der Waals surface area contributed by atoms with Crippen LogP contribution < -0.4 is 10.2 Å². The summed E-state index contributed by atoms with van der Waals surface area (Å²) < 4.78 is 47.8. The normalized spacial score (nSPS) is 14.4. The lowest BCUT2D eigenvalue weighted by molar-refractivity contribution is -0.192. The lowest BCUT2D eigenvalue weighted by Gasteiger charge is -2.33. The minimum absolute atomic E-state index is 0.229. The van der Waals surface area contributed by atoms with Gasteiger partial charge in [-0.3, -0.25) is 0 Å². The highest BCUT2D eigenvalue weighted by Gasteiger charge is 2.38. The fraction of sp³-hybridized carbons (Fsp3) is 0.348. The summed E-state index contributed by atoms with van der Waals surface area (Å²) in [4.78, 5) is 19.7. The van der Waals surface area contributed by atoms with Crippen LogP contribution in [0.15, 0.2) is 55.2 Å². The number of aromatic nitrogens is 3. The van der Waals surface area contributed by atoms with E-state index >= 15 is 0 Å². The average Bonchev–Trinajstić information content (AvgIpc) is 3.33. The van der Waals surface area contributed by atoms with E-state index in [4.69, 9.17) is 9.90 Å². The van der Waals surface area contributed by atoms with Gasteiger partial charge in [0.05, 0.1) is 12.0 Å². The Labute approximate surface area is 194 Å². The van der Waals surface area contributed by atoms with Crippen molar-refractivity contribution in [2.45, 2.75) is 38.5 Å². The molecule has 1 aromatic carbocycles. The number of carboxylic acid groups (broad SMARTS) is 1. The Kier molecular flexibility index (Phi) is 8.21. The van der Waals surface area contributed by atoms with Gasteiger partial charge >= 0.3 is 12.1 Å². The topological polar surface area (TPSA) is 83.3 Å². The Balaban J connectivity index is 0.000000406. The van der Waals surface area contributed by atoms with E-state index in [0.29, 0.717) is 18.3 Å². The summed E-state index contributed by atoms with van der Waals surface area (Å²) in [5.74, 6) is -1.93. The molecule has 1 fully saturated rings. The van der Waals surface area contributed by atoms with Gasteiger partial charge in [-0.1, -0.05) is 12.1 Å². The van der Waals surface area contributed by atoms with Gasteiger partial charge in [-0.15, -0.1) is 0 Å². The Morgan fingerprint density at radius 3 is 2.44 bits per heavy atom. The van der Waals surface area contributed by atoms with Crippen molar-refractivity contribution in [2.75, 3.05) is 18.0 Å². The number of halogens is 4. The van der Waals surface area contributed by atoms with E-state index in [9.17, 15) is 17.6 Å². The predicted octanol–water partition coefficient (Wildman–Crippen LogP) is 4.11. The highest BCUT2D eigenvalue weighted by molar-refractivity contribution is 5.73. The van der Waals surface area contributed by atoms with Crippen LogP contribution in [0.1, 0.15) is 24.0 Å². The first-order chi connectivity index (χ1) is 16.1. The van der Waals surface area contributed by atoms with Gasteiger partial charge in [0, 0.05) is 44.3 Å². The lowest BCUT2D eigenvalue weighted by Crippen LogP contribution is -2.42. The smallest absolute Gasteiger partial charge is 0.475 e. The number of aryl methyl sites for hydroxylation is 1. The number of hydrogen-bond acceptors (Lipinski definition) is 5. The van der Waals surface area contributed by atoms with Gasteiger partial charge in [-0.05, 0) is 49.1 Å². The van der Waals surface area contributed by atoms with Crippen LogP contribution >= 0.6 is 0 Å².